The molecule has 0 spiro atoms. The summed E-state index contributed by atoms with van der Waals surface area (Å²) in [7, 11) is 1.57. The van der Waals surface area contributed by atoms with Gasteiger partial charge >= 0.3 is 6.18 Å². The normalized spacial score (nSPS) is 11.6. The molecule has 10 heteroatoms. The van der Waals surface area contributed by atoms with E-state index in [0.717, 1.165) is 12.1 Å². The first-order valence-corrected chi connectivity index (χ1v) is 9.15. The second-order valence-corrected chi connectivity index (χ2v) is 6.29. The summed E-state index contributed by atoms with van der Waals surface area (Å²) in [5.74, 6) is -0.0793. The van der Waals surface area contributed by atoms with Gasteiger partial charge in [0.15, 0.2) is 5.82 Å². The maximum absolute atomic E-state index is 13.1. The van der Waals surface area contributed by atoms with Gasteiger partial charge < -0.3 is 19.4 Å². The van der Waals surface area contributed by atoms with Crippen LogP contribution < -0.4 is 5.32 Å². The van der Waals surface area contributed by atoms with E-state index in [1.54, 1.807) is 36.2 Å². The molecule has 0 unspecified atom stereocenters. The third-order valence-electron chi connectivity index (χ3n) is 4.22. The van der Waals surface area contributed by atoms with Crippen molar-refractivity contribution in [3.8, 4) is 11.5 Å². The third-order valence-corrected chi connectivity index (χ3v) is 4.22. The minimum absolute atomic E-state index is 0.190. The molecule has 0 atom stereocenters. The highest BCUT2D eigenvalue weighted by Gasteiger charge is 2.31. The molecule has 0 aliphatic rings. The maximum atomic E-state index is 13.1. The van der Waals surface area contributed by atoms with Crippen LogP contribution in [0.2, 0.25) is 0 Å². The monoisotopic (exact) mass is 422 g/mol. The average Bonchev–Trinajstić information content (AvgIpc) is 3.39. The zero-order valence-electron chi connectivity index (χ0n) is 16.2. The fraction of sp³-hybridized carbons (Fsp3) is 0.300. The Bertz CT molecular complexity index is 968. The molecule has 0 bridgehead atoms. The van der Waals surface area contributed by atoms with Gasteiger partial charge in [-0.3, -0.25) is 4.79 Å². The molecule has 3 aromatic rings. The summed E-state index contributed by atoms with van der Waals surface area (Å²) in [5.41, 5.74) is -0.385. The van der Waals surface area contributed by atoms with Crippen LogP contribution >= 0.6 is 0 Å². The lowest BCUT2D eigenvalue weighted by molar-refractivity contribution is -0.137. The Morgan fingerprint density at radius 3 is 2.60 bits per heavy atom. The molecule has 7 nitrogen and oxygen atoms in total. The zero-order valence-corrected chi connectivity index (χ0v) is 16.2. The van der Waals surface area contributed by atoms with Gasteiger partial charge in [0.1, 0.15) is 5.56 Å². The number of aromatic nitrogens is 3. The molecular weight excluding hydrogens is 401 g/mol. The smallest absolute Gasteiger partial charge is 0.382 e. The van der Waals surface area contributed by atoms with Gasteiger partial charge in [0.05, 0.1) is 37.3 Å². The van der Waals surface area contributed by atoms with Crippen molar-refractivity contribution in [1.82, 2.24) is 19.7 Å². The molecule has 30 heavy (non-hydrogen) atoms. The van der Waals surface area contributed by atoms with E-state index in [9.17, 15) is 18.0 Å². The number of halogens is 3. The Kier molecular flexibility index (Phi) is 6.91. The number of amides is 1. The Hall–Kier alpha value is -3.11. The van der Waals surface area contributed by atoms with Crippen molar-refractivity contribution >= 4 is 5.91 Å². The SMILES string of the molecule is COCCOCCNC(=O)c1cnn(-c2cccc(C(F)(F)F)c2)c1-n1cccc1. The highest BCUT2D eigenvalue weighted by Crippen LogP contribution is 2.31. The van der Waals surface area contributed by atoms with Gasteiger partial charge in [-0.2, -0.15) is 18.3 Å². The Balaban J connectivity index is 1.86. The lowest BCUT2D eigenvalue weighted by Crippen LogP contribution is -2.28. The number of alkyl halides is 3. The molecule has 0 aliphatic carbocycles. The van der Waals surface area contributed by atoms with E-state index in [-0.39, 0.29) is 17.8 Å². The minimum atomic E-state index is -4.49. The number of ether oxygens (including phenoxy) is 2. The second kappa shape index (κ2) is 9.59. The van der Waals surface area contributed by atoms with E-state index in [2.05, 4.69) is 10.4 Å². The molecular formula is C20H21F3N4O3. The standard InChI is InChI=1S/C20H21F3N4O3/c1-29-11-12-30-10-7-24-18(28)17-14-25-27(19(17)26-8-2-3-9-26)16-6-4-5-15(13-16)20(21,22)23/h2-6,8-9,13-14H,7,10-12H2,1H3,(H,24,28). The summed E-state index contributed by atoms with van der Waals surface area (Å²) in [5, 5.41) is 6.90. The third kappa shape index (κ3) is 5.08. The van der Waals surface area contributed by atoms with E-state index in [0.29, 0.717) is 25.6 Å². The van der Waals surface area contributed by atoms with Crippen LogP contribution in [0.25, 0.3) is 11.5 Å². The van der Waals surface area contributed by atoms with E-state index < -0.39 is 17.6 Å². The molecule has 0 fully saturated rings. The van der Waals surface area contributed by atoms with E-state index >= 15 is 0 Å². The summed E-state index contributed by atoms with van der Waals surface area (Å²) < 4.78 is 52.5. The van der Waals surface area contributed by atoms with Gasteiger partial charge in [0.25, 0.3) is 5.91 Å². The van der Waals surface area contributed by atoms with Crippen molar-refractivity contribution in [1.29, 1.82) is 0 Å². The van der Waals surface area contributed by atoms with Crippen LogP contribution in [0.4, 0.5) is 13.2 Å². The van der Waals surface area contributed by atoms with E-state index in [4.69, 9.17) is 9.47 Å². The summed E-state index contributed by atoms with van der Waals surface area (Å²) in [6.45, 7) is 1.43. The van der Waals surface area contributed by atoms with Crippen molar-refractivity contribution in [2.24, 2.45) is 0 Å². The second-order valence-electron chi connectivity index (χ2n) is 6.29. The summed E-state index contributed by atoms with van der Waals surface area (Å²) in [4.78, 5) is 12.7. The van der Waals surface area contributed by atoms with Crippen molar-refractivity contribution < 1.29 is 27.4 Å². The van der Waals surface area contributed by atoms with Gasteiger partial charge in [0, 0.05) is 26.0 Å². The van der Waals surface area contributed by atoms with Crippen LogP contribution in [0, 0.1) is 0 Å². The van der Waals surface area contributed by atoms with Gasteiger partial charge in [0.2, 0.25) is 0 Å². The highest BCUT2D eigenvalue weighted by molar-refractivity contribution is 5.97. The van der Waals surface area contributed by atoms with Crippen LogP contribution in [0.3, 0.4) is 0 Å². The van der Waals surface area contributed by atoms with Gasteiger partial charge in [-0.05, 0) is 30.3 Å². The summed E-state index contributed by atoms with van der Waals surface area (Å²) in [6, 6.07) is 8.27. The Labute approximate surface area is 171 Å². The zero-order chi connectivity index (χ0) is 21.6. The lowest BCUT2D eigenvalue weighted by Gasteiger charge is -2.13. The molecule has 0 radical (unpaired) electrons. The fourth-order valence-electron chi connectivity index (χ4n) is 2.81. The van der Waals surface area contributed by atoms with Crippen molar-refractivity contribution in [3.05, 3.63) is 66.1 Å². The molecule has 2 heterocycles. The molecule has 0 saturated heterocycles. The van der Waals surface area contributed by atoms with Crippen LogP contribution in [0.5, 0.6) is 0 Å². The molecule has 1 N–H and O–H groups in total. The molecule has 3 rings (SSSR count). The van der Waals surface area contributed by atoms with Gasteiger partial charge in [-0.25, -0.2) is 4.68 Å². The number of rotatable bonds is 9. The molecule has 0 saturated carbocycles. The first kappa shape index (κ1) is 21.6. The van der Waals surface area contributed by atoms with Crippen molar-refractivity contribution in [2.75, 3.05) is 33.5 Å². The molecule has 0 aliphatic heterocycles. The lowest BCUT2D eigenvalue weighted by atomic mass is 10.2. The van der Waals surface area contributed by atoms with Gasteiger partial charge in [-0.15, -0.1) is 0 Å². The number of hydrogen-bond acceptors (Lipinski definition) is 4. The number of carbonyl (C=O) groups is 1. The molecule has 1 amide bonds. The predicted octanol–water partition coefficient (Wildman–Crippen LogP) is 3.07. The van der Waals surface area contributed by atoms with Crippen LogP contribution in [-0.2, 0) is 15.7 Å². The number of methoxy groups -OCH3 is 1. The predicted molar refractivity (Wildman–Crippen MR) is 103 cm³/mol. The van der Waals surface area contributed by atoms with Gasteiger partial charge in [-0.1, -0.05) is 6.07 Å². The Morgan fingerprint density at radius 1 is 1.13 bits per heavy atom. The number of carbonyl (C=O) groups excluding carboxylic acids is 1. The Morgan fingerprint density at radius 2 is 1.90 bits per heavy atom. The van der Waals surface area contributed by atoms with Crippen molar-refractivity contribution in [3.63, 3.8) is 0 Å². The van der Waals surface area contributed by atoms with Crippen LogP contribution in [0.1, 0.15) is 15.9 Å². The quantitative estimate of drug-likeness (QED) is 0.538. The molecule has 2 aromatic heterocycles. The number of nitrogens with zero attached hydrogens (tertiary/aromatic N) is 3. The summed E-state index contributed by atoms with van der Waals surface area (Å²) >= 11 is 0. The first-order valence-electron chi connectivity index (χ1n) is 9.15. The molecule has 1 aromatic carbocycles. The van der Waals surface area contributed by atoms with Crippen molar-refractivity contribution in [2.45, 2.75) is 6.18 Å². The topological polar surface area (TPSA) is 70.3 Å². The first-order chi connectivity index (χ1) is 14.4. The van der Waals surface area contributed by atoms with E-state index in [1.165, 1.54) is 23.0 Å². The number of hydrogen-bond donors (Lipinski definition) is 1. The maximum Gasteiger partial charge on any atom is 0.416 e. The number of benzene rings is 1. The largest absolute Gasteiger partial charge is 0.416 e. The highest BCUT2D eigenvalue weighted by atomic mass is 19.4. The van der Waals surface area contributed by atoms with E-state index in [1.807, 2.05) is 0 Å². The fourth-order valence-corrected chi connectivity index (χ4v) is 2.81. The van der Waals surface area contributed by atoms with Crippen LogP contribution in [0.15, 0.2) is 55.0 Å². The molecule has 160 valence electrons. The number of nitrogens with one attached hydrogen (secondary N) is 1. The minimum Gasteiger partial charge on any atom is -0.382 e. The average molecular weight is 422 g/mol. The van der Waals surface area contributed by atoms with Crippen LogP contribution in [-0.4, -0.2) is 53.7 Å². The summed E-state index contributed by atoms with van der Waals surface area (Å²) in [6.07, 6.45) is 0.216.